The van der Waals surface area contributed by atoms with E-state index in [9.17, 15) is 13.2 Å². The lowest BCUT2D eigenvalue weighted by Crippen LogP contribution is -2.36. The zero-order valence-electron chi connectivity index (χ0n) is 13.5. The van der Waals surface area contributed by atoms with Gasteiger partial charge in [0.05, 0.1) is 11.9 Å². The van der Waals surface area contributed by atoms with Crippen molar-refractivity contribution >= 4 is 21.6 Å². The van der Waals surface area contributed by atoms with E-state index >= 15 is 0 Å². The van der Waals surface area contributed by atoms with Gasteiger partial charge in [-0.2, -0.15) is 0 Å². The number of benzene rings is 1. The molecule has 0 saturated heterocycles. The summed E-state index contributed by atoms with van der Waals surface area (Å²) in [5.41, 5.74) is 1.78. The fourth-order valence-corrected chi connectivity index (χ4v) is 2.28. The van der Waals surface area contributed by atoms with E-state index in [-0.39, 0.29) is 11.9 Å². The number of aryl methyl sites for hydroxylation is 1. The number of nitrogens with one attached hydrogen (secondary N) is 1. The van der Waals surface area contributed by atoms with Crippen molar-refractivity contribution in [1.82, 2.24) is 5.32 Å². The van der Waals surface area contributed by atoms with Gasteiger partial charge in [-0.3, -0.25) is 9.10 Å². The molecule has 0 radical (unpaired) electrons. The monoisotopic (exact) mass is 312 g/mol. The average molecular weight is 312 g/mol. The van der Waals surface area contributed by atoms with Crippen molar-refractivity contribution in [3.63, 3.8) is 0 Å². The lowest BCUT2D eigenvalue weighted by molar-refractivity contribution is 0.0930. The molecule has 21 heavy (non-hydrogen) atoms. The predicted molar refractivity (Wildman–Crippen MR) is 86.2 cm³/mol. The van der Waals surface area contributed by atoms with Crippen LogP contribution >= 0.6 is 0 Å². The van der Waals surface area contributed by atoms with Crippen LogP contribution in [0.3, 0.4) is 0 Å². The predicted octanol–water partition coefficient (Wildman–Crippen LogP) is 2.17. The minimum absolute atomic E-state index is 0.0508. The minimum Gasteiger partial charge on any atom is -0.349 e. The molecule has 0 saturated carbocycles. The smallest absolute Gasteiger partial charge is 0.251 e. The maximum atomic E-state index is 12.2. The fraction of sp³-hybridized carbons (Fsp3) is 0.533. The van der Waals surface area contributed by atoms with Crippen molar-refractivity contribution in [3.8, 4) is 0 Å². The second-order valence-corrected chi connectivity index (χ2v) is 7.75. The maximum absolute atomic E-state index is 12.2. The summed E-state index contributed by atoms with van der Waals surface area (Å²) in [6.45, 7) is 7.82. The van der Waals surface area contributed by atoms with Crippen molar-refractivity contribution in [2.75, 3.05) is 17.6 Å². The van der Waals surface area contributed by atoms with Gasteiger partial charge in [0.1, 0.15) is 0 Å². The number of carbonyl (C=O) groups is 1. The third-order valence-electron chi connectivity index (χ3n) is 3.67. The topological polar surface area (TPSA) is 66.5 Å². The Kier molecular flexibility index (Phi) is 5.39. The fourth-order valence-electron chi connectivity index (χ4n) is 1.73. The molecule has 1 N–H and O–H groups in total. The van der Waals surface area contributed by atoms with Gasteiger partial charge in [0.2, 0.25) is 10.0 Å². The number of hydrogen-bond acceptors (Lipinski definition) is 3. The molecule has 0 aromatic heterocycles. The zero-order chi connectivity index (χ0) is 16.4. The summed E-state index contributed by atoms with van der Waals surface area (Å²) in [5, 5.41) is 2.91. The molecule has 1 amide bonds. The SMILES string of the molecule is Cc1ccc(C(=O)NC(C)C(C)C)cc1N(C)S(C)(=O)=O. The molecule has 0 spiro atoms. The Morgan fingerprint density at radius 2 is 1.81 bits per heavy atom. The number of anilines is 1. The lowest BCUT2D eigenvalue weighted by atomic mass is 10.1. The molecule has 6 heteroatoms. The quantitative estimate of drug-likeness (QED) is 0.906. The molecule has 0 aliphatic rings. The molecular weight excluding hydrogens is 288 g/mol. The van der Waals surface area contributed by atoms with Gasteiger partial charge < -0.3 is 5.32 Å². The van der Waals surface area contributed by atoms with Crippen molar-refractivity contribution in [3.05, 3.63) is 29.3 Å². The number of amides is 1. The second-order valence-electron chi connectivity index (χ2n) is 5.74. The molecule has 1 unspecified atom stereocenters. The van der Waals surface area contributed by atoms with E-state index in [2.05, 4.69) is 5.32 Å². The Morgan fingerprint density at radius 3 is 2.29 bits per heavy atom. The third kappa shape index (κ3) is 4.46. The van der Waals surface area contributed by atoms with E-state index in [0.29, 0.717) is 17.2 Å². The maximum Gasteiger partial charge on any atom is 0.251 e. The molecule has 118 valence electrons. The normalized spacial score (nSPS) is 13.1. The Hall–Kier alpha value is -1.56. The van der Waals surface area contributed by atoms with Crippen LogP contribution in [0, 0.1) is 12.8 Å². The first-order chi connectivity index (χ1) is 9.54. The Bertz CT molecular complexity index is 624. The van der Waals surface area contributed by atoms with E-state index in [1.165, 1.54) is 11.4 Å². The first-order valence-corrected chi connectivity index (χ1v) is 8.74. The van der Waals surface area contributed by atoms with Gasteiger partial charge in [0.25, 0.3) is 5.91 Å². The lowest BCUT2D eigenvalue weighted by Gasteiger charge is -2.21. The molecule has 1 aromatic rings. The van der Waals surface area contributed by atoms with Crippen LogP contribution in [-0.4, -0.2) is 33.7 Å². The van der Waals surface area contributed by atoms with Gasteiger partial charge in [0.15, 0.2) is 0 Å². The number of carbonyl (C=O) groups excluding carboxylic acids is 1. The van der Waals surface area contributed by atoms with E-state index in [0.717, 1.165) is 11.8 Å². The van der Waals surface area contributed by atoms with E-state index < -0.39 is 10.0 Å². The Labute approximate surface area is 127 Å². The number of nitrogens with zero attached hydrogens (tertiary/aromatic N) is 1. The van der Waals surface area contributed by atoms with E-state index in [1.54, 1.807) is 18.2 Å². The molecule has 1 atom stereocenters. The van der Waals surface area contributed by atoms with Gasteiger partial charge in [-0.25, -0.2) is 8.42 Å². The van der Waals surface area contributed by atoms with Crippen LogP contribution in [0.4, 0.5) is 5.69 Å². The van der Waals surface area contributed by atoms with Crippen molar-refractivity contribution in [1.29, 1.82) is 0 Å². The zero-order valence-corrected chi connectivity index (χ0v) is 14.3. The molecule has 1 aromatic carbocycles. The van der Waals surface area contributed by atoms with Crippen LogP contribution < -0.4 is 9.62 Å². The van der Waals surface area contributed by atoms with Crippen LogP contribution in [0.15, 0.2) is 18.2 Å². The van der Waals surface area contributed by atoms with Gasteiger partial charge in [0, 0.05) is 18.7 Å². The van der Waals surface area contributed by atoms with E-state index in [4.69, 9.17) is 0 Å². The summed E-state index contributed by atoms with van der Waals surface area (Å²) in [6, 6.07) is 5.12. The average Bonchev–Trinajstić information content (AvgIpc) is 2.37. The third-order valence-corrected chi connectivity index (χ3v) is 4.86. The summed E-state index contributed by atoms with van der Waals surface area (Å²) in [6.07, 6.45) is 1.14. The van der Waals surface area contributed by atoms with Crippen LogP contribution in [0.1, 0.15) is 36.7 Å². The van der Waals surface area contributed by atoms with Crippen LogP contribution in [0.25, 0.3) is 0 Å². The van der Waals surface area contributed by atoms with Crippen molar-refractivity contribution < 1.29 is 13.2 Å². The highest BCUT2D eigenvalue weighted by Gasteiger charge is 2.18. The molecule has 1 rings (SSSR count). The molecule has 0 aliphatic carbocycles. The summed E-state index contributed by atoms with van der Waals surface area (Å²) in [5.74, 6) is 0.136. The van der Waals surface area contributed by atoms with Crippen LogP contribution in [-0.2, 0) is 10.0 Å². The highest BCUT2D eigenvalue weighted by Crippen LogP contribution is 2.22. The molecule has 0 aliphatic heterocycles. The number of rotatable bonds is 5. The first-order valence-electron chi connectivity index (χ1n) is 6.89. The standard InChI is InChI=1S/C15H24N2O3S/c1-10(2)12(4)16-15(18)13-8-7-11(3)14(9-13)17(5)21(6,19)20/h7-10,12H,1-6H3,(H,16,18). The first kappa shape index (κ1) is 17.5. The number of sulfonamides is 1. The van der Waals surface area contributed by atoms with Crippen molar-refractivity contribution in [2.45, 2.75) is 33.7 Å². The Morgan fingerprint density at radius 1 is 1.24 bits per heavy atom. The minimum atomic E-state index is -3.36. The van der Waals surface area contributed by atoms with Gasteiger partial charge in [-0.1, -0.05) is 19.9 Å². The summed E-state index contributed by atoms with van der Waals surface area (Å²) >= 11 is 0. The summed E-state index contributed by atoms with van der Waals surface area (Å²) < 4.78 is 24.5. The summed E-state index contributed by atoms with van der Waals surface area (Å²) in [4.78, 5) is 12.2. The highest BCUT2D eigenvalue weighted by molar-refractivity contribution is 7.92. The van der Waals surface area contributed by atoms with Gasteiger partial charge >= 0.3 is 0 Å². The molecule has 5 nitrogen and oxygen atoms in total. The van der Waals surface area contributed by atoms with Crippen LogP contribution in [0.2, 0.25) is 0 Å². The number of hydrogen-bond donors (Lipinski definition) is 1. The molecular formula is C15H24N2O3S. The van der Waals surface area contributed by atoms with Gasteiger partial charge in [-0.05, 0) is 37.5 Å². The largest absolute Gasteiger partial charge is 0.349 e. The van der Waals surface area contributed by atoms with Crippen molar-refractivity contribution in [2.24, 2.45) is 5.92 Å². The molecule has 0 heterocycles. The highest BCUT2D eigenvalue weighted by atomic mass is 32.2. The van der Waals surface area contributed by atoms with Gasteiger partial charge in [-0.15, -0.1) is 0 Å². The summed E-state index contributed by atoms with van der Waals surface area (Å²) in [7, 11) is -1.87. The second kappa shape index (κ2) is 6.47. The van der Waals surface area contributed by atoms with Crippen LogP contribution in [0.5, 0.6) is 0 Å². The molecule has 0 fully saturated rings. The molecule has 0 bridgehead atoms. The Balaban J connectivity index is 3.10. The van der Waals surface area contributed by atoms with E-state index in [1.807, 2.05) is 27.7 Å².